The van der Waals surface area contributed by atoms with Gasteiger partial charge in [-0.05, 0) is 78.7 Å². The number of benzene rings is 3. The quantitative estimate of drug-likeness (QED) is 0.329. The van der Waals surface area contributed by atoms with Gasteiger partial charge in [0, 0.05) is 19.6 Å². The van der Waals surface area contributed by atoms with Crippen molar-refractivity contribution in [1.29, 1.82) is 0 Å². The zero-order valence-corrected chi connectivity index (χ0v) is 22.2. The normalized spacial score (nSPS) is 16.3. The molecule has 0 radical (unpaired) electrons. The van der Waals surface area contributed by atoms with Crippen LogP contribution in [0.1, 0.15) is 26.7 Å². The Morgan fingerprint density at radius 2 is 1.87 bits per heavy atom. The maximum Gasteiger partial charge on any atom is 0.261 e. The van der Waals surface area contributed by atoms with E-state index in [0.29, 0.717) is 52.0 Å². The molecule has 1 unspecified atom stereocenters. The van der Waals surface area contributed by atoms with Crippen LogP contribution in [0.2, 0.25) is 0 Å². The number of ether oxygens (including phenoxy) is 1. The predicted molar refractivity (Wildman–Crippen MR) is 149 cm³/mol. The van der Waals surface area contributed by atoms with Gasteiger partial charge >= 0.3 is 0 Å². The predicted octanol–water partition coefficient (Wildman–Crippen LogP) is 5.95. The van der Waals surface area contributed by atoms with Crippen LogP contribution < -0.4 is 10.3 Å². The lowest BCUT2D eigenvalue weighted by molar-refractivity contribution is 0.148. The Balaban J connectivity index is 1.63. The van der Waals surface area contributed by atoms with Crippen molar-refractivity contribution >= 4 is 10.9 Å². The molecule has 6 nitrogen and oxygen atoms in total. The Morgan fingerprint density at radius 1 is 1.11 bits per heavy atom. The number of phenols is 1. The molecule has 1 aliphatic rings. The topological polar surface area (TPSA) is 67.6 Å². The third kappa shape index (κ3) is 5.29. The molecule has 7 heteroatoms. The number of fused-ring (bicyclic) bond motifs is 1. The molecule has 1 aromatic heterocycles. The third-order valence-corrected chi connectivity index (χ3v) is 7.25. The summed E-state index contributed by atoms with van der Waals surface area (Å²) in [6.07, 6.45) is 2.16. The van der Waals surface area contributed by atoms with Crippen LogP contribution in [0.4, 0.5) is 4.39 Å². The second kappa shape index (κ2) is 11.0. The van der Waals surface area contributed by atoms with Gasteiger partial charge in [-0.2, -0.15) is 0 Å². The van der Waals surface area contributed by atoms with Gasteiger partial charge in [0.1, 0.15) is 11.6 Å². The summed E-state index contributed by atoms with van der Waals surface area (Å²) >= 11 is 0. The average molecular weight is 516 g/mol. The summed E-state index contributed by atoms with van der Waals surface area (Å²) in [5, 5.41) is 10.4. The number of aromatic hydroxyl groups is 1. The maximum absolute atomic E-state index is 14.1. The number of methoxy groups -OCH3 is 1. The monoisotopic (exact) mass is 515 g/mol. The Hall–Kier alpha value is -3.71. The fourth-order valence-electron chi connectivity index (χ4n) is 5.54. The van der Waals surface area contributed by atoms with Crippen LogP contribution in [0.15, 0.2) is 65.5 Å². The minimum Gasteiger partial charge on any atom is -0.505 e. The number of para-hydroxylation sites is 1. The summed E-state index contributed by atoms with van der Waals surface area (Å²) in [6, 6.07) is 17.3. The molecular formula is C31H34FN3O3. The number of hydrogen-bond donors (Lipinski definition) is 1. The number of likely N-dealkylation sites (tertiary alicyclic amines) is 1. The second-order valence-electron chi connectivity index (χ2n) is 10.6. The number of nitrogens with zero attached hydrogens (tertiary/aromatic N) is 3. The first-order valence-corrected chi connectivity index (χ1v) is 13.2. The van der Waals surface area contributed by atoms with Gasteiger partial charge in [0.05, 0.1) is 23.6 Å². The lowest BCUT2D eigenvalue weighted by atomic mass is 9.96. The van der Waals surface area contributed by atoms with Gasteiger partial charge in [0.15, 0.2) is 11.6 Å². The molecule has 1 fully saturated rings. The summed E-state index contributed by atoms with van der Waals surface area (Å²) in [5.74, 6) is 1.06. The lowest BCUT2D eigenvalue weighted by Gasteiger charge is -2.34. The van der Waals surface area contributed by atoms with E-state index in [9.17, 15) is 14.3 Å². The van der Waals surface area contributed by atoms with E-state index in [4.69, 9.17) is 9.72 Å². The van der Waals surface area contributed by atoms with E-state index in [-0.39, 0.29) is 5.56 Å². The SMILES string of the molecule is COc1ccccc1-c1nc2ccc(-c3ccc(F)c(O)c3)cc2c(=O)n1CC1CCCN(CC(C)C)C1. The van der Waals surface area contributed by atoms with Crippen LogP contribution in [0.25, 0.3) is 33.4 Å². The van der Waals surface area contributed by atoms with Gasteiger partial charge in [-0.1, -0.05) is 38.1 Å². The number of aromatic nitrogens is 2. The Labute approximate surface area is 222 Å². The van der Waals surface area contributed by atoms with Gasteiger partial charge in [0.2, 0.25) is 0 Å². The van der Waals surface area contributed by atoms with Crippen LogP contribution in [0.5, 0.6) is 11.5 Å². The van der Waals surface area contributed by atoms with E-state index in [2.05, 4.69) is 18.7 Å². The molecule has 1 saturated heterocycles. The summed E-state index contributed by atoms with van der Waals surface area (Å²) in [7, 11) is 1.62. The molecule has 1 aliphatic heterocycles. The molecule has 0 saturated carbocycles. The fourth-order valence-corrected chi connectivity index (χ4v) is 5.54. The Kier molecular flexibility index (Phi) is 7.47. The van der Waals surface area contributed by atoms with Crippen molar-refractivity contribution in [3.05, 3.63) is 76.8 Å². The highest BCUT2D eigenvalue weighted by Crippen LogP contribution is 2.32. The highest BCUT2D eigenvalue weighted by molar-refractivity contribution is 5.85. The first kappa shape index (κ1) is 25.9. The van der Waals surface area contributed by atoms with Gasteiger partial charge < -0.3 is 14.7 Å². The Bertz CT molecular complexity index is 1510. The minimum absolute atomic E-state index is 0.120. The molecule has 0 spiro atoms. The average Bonchev–Trinajstić information content (AvgIpc) is 2.91. The zero-order valence-electron chi connectivity index (χ0n) is 22.2. The van der Waals surface area contributed by atoms with Crippen molar-refractivity contribution in [1.82, 2.24) is 14.5 Å². The summed E-state index contributed by atoms with van der Waals surface area (Å²) in [5.41, 5.74) is 2.57. The number of piperidine rings is 1. The number of halogens is 1. The molecule has 1 N–H and O–H groups in total. The molecule has 2 heterocycles. The van der Waals surface area contributed by atoms with E-state index in [1.54, 1.807) is 29.9 Å². The van der Waals surface area contributed by atoms with E-state index < -0.39 is 11.6 Å². The molecule has 4 aromatic rings. The standard InChI is InChI=1S/C31H34FN3O3/c1-20(2)17-34-14-6-7-21(18-34)19-35-30(24-8-4-5-9-29(24)38-3)33-27-13-11-22(15-25(27)31(35)37)23-10-12-26(32)28(36)16-23/h4-5,8-13,15-16,20-21,36H,6-7,14,17-19H2,1-3H3. The number of rotatable bonds is 7. The zero-order chi connectivity index (χ0) is 26.8. The van der Waals surface area contributed by atoms with Gasteiger partial charge in [-0.3, -0.25) is 9.36 Å². The first-order valence-electron chi connectivity index (χ1n) is 13.2. The summed E-state index contributed by atoms with van der Waals surface area (Å²) in [4.78, 5) is 21.6. The first-order chi connectivity index (χ1) is 18.3. The number of hydrogen-bond acceptors (Lipinski definition) is 5. The van der Waals surface area contributed by atoms with Crippen molar-refractivity contribution in [2.75, 3.05) is 26.7 Å². The molecule has 38 heavy (non-hydrogen) atoms. The van der Waals surface area contributed by atoms with Crippen molar-refractivity contribution < 1.29 is 14.2 Å². The van der Waals surface area contributed by atoms with Gasteiger partial charge in [-0.25, -0.2) is 9.37 Å². The van der Waals surface area contributed by atoms with Crippen molar-refractivity contribution in [2.24, 2.45) is 11.8 Å². The van der Waals surface area contributed by atoms with Crippen LogP contribution >= 0.6 is 0 Å². The highest BCUT2D eigenvalue weighted by atomic mass is 19.1. The van der Waals surface area contributed by atoms with Crippen molar-refractivity contribution in [2.45, 2.75) is 33.2 Å². The Morgan fingerprint density at radius 3 is 2.63 bits per heavy atom. The summed E-state index contributed by atoms with van der Waals surface area (Å²) in [6.45, 7) is 8.12. The van der Waals surface area contributed by atoms with E-state index in [1.807, 2.05) is 30.3 Å². The van der Waals surface area contributed by atoms with Crippen LogP contribution in [0.3, 0.4) is 0 Å². The molecule has 3 aromatic carbocycles. The largest absolute Gasteiger partial charge is 0.505 e. The van der Waals surface area contributed by atoms with Crippen molar-refractivity contribution in [3.63, 3.8) is 0 Å². The highest BCUT2D eigenvalue weighted by Gasteiger charge is 2.24. The van der Waals surface area contributed by atoms with Crippen molar-refractivity contribution in [3.8, 4) is 34.0 Å². The minimum atomic E-state index is -0.681. The smallest absolute Gasteiger partial charge is 0.261 e. The molecule has 5 rings (SSSR count). The third-order valence-electron chi connectivity index (χ3n) is 7.25. The van der Waals surface area contributed by atoms with E-state index >= 15 is 0 Å². The molecule has 0 amide bonds. The van der Waals surface area contributed by atoms with Crippen LogP contribution in [-0.2, 0) is 6.54 Å². The molecule has 1 atom stereocenters. The van der Waals surface area contributed by atoms with E-state index in [0.717, 1.165) is 38.0 Å². The molecule has 0 bridgehead atoms. The van der Waals surface area contributed by atoms with Crippen LogP contribution in [0, 0.1) is 17.7 Å². The molecule has 0 aliphatic carbocycles. The molecular weight excluding hydrogens is 481 g/mol. The lowest BCUT2D eigenvalue weighted by Crippen LogP contribution is -2.40. The second-order valence-corrected chi connectivity index (χ2v) is 10.6. The maximum atomic E-state index is 14.1. The van der Waals surface area contributed by atoms with Crippen LogP contribution in [-0.4, -0.2) is 46.3 Å². The van der Waals surface area contributed by atoms with Gasteiger partial charge in [-0.15, -0.1) is 0 Å². The van der Waals surface area contributed by atoms with Gasteiger partial charge in [0.25, 0.3) is 5.56 Å². The number of phenolic OH excluding ortho intramolecular Hbond substituents is 1. The fraction of sp³-hybridized carbons (Fsp3) is 0.355. The molecule has 198 valence electrons. The summed E-state index contributed by atoms with van der Waals surface area (Å²) < 4.78 is 21.1. The van der Waals surface area contributed by atoms with E-state index in [1.165, 1.54) is 12.1 Å².